The van der Waals surface area contributed by atoms with E-state index in [0.29, 0.717) is 0 Å². The summed E-state index contributed by atoms with van der Waals surface area (Å²) in [6, 6.07) is 11.7. The fourth-order valence-electron chi connectivity index (χ4n) is 1.80. The Kier molecular flexibility index (Phi) is 3.27. The second-order valence-electron chi connectivity index (χ2n) is 3.85. The van der Waals surface area contributed by atoms with Gasteiger partial charge in [-0.1, -0.05) is 24.3 Å². The van der Waals surface area contributed by atoms with E-state index in [-0.39, 0.29) is 5.57 Å². The van der Waals surface area contributed by atoms with E-state index >= 15 is 0 Å². The van der Waals surface area contributed by atoms with E-state index in [4.69, 9.17) is 10.5 Å². The lowest BCUT2D eigenvalue weighted by Crippen LogP contribution is -2.18. The van der Waals surface area contributed by atoms with Crippen molar-refractivity contribution in [3.05, 3.63) is 59.3 Å². The highest BCUT2D eigenvalue weighted by Crippen LogP contribution is 2.28. The van der Waals surface area contributed by atoms with Crippen molar-refractivity contribution in [1.29, 1.82) is 10.5 Å². The largest absolute Gasteiger partial charge is 0.344 e. The Bertz CT molecular complexity index is 620. The van der Waals surface area contributed by atoms with Gasteiger partial charge < -0.3 is 4.90 Å². The number of hydrogen-bond donors (Lipinski definition) is 0. The average molecular weight is 233 g/mol. The first-order valence-electron chi connectivity index (χ1n) is 5.49. The molecule has 1 aliphatic rings. The summed E-state index contributed by atoms with van der Waals surface area (Å²) in [5, 5.41) is 17.4. The van der Waals surface area contributed by atoms with E-state index in [1.54, 1.807) is 6.08 Å². The van der Waals surface area contributed by atoms with Crippen molar-refractivity contribution in [2.45, 2.75) is 0 Å². The molecule has 3 heteroatoms. The molecule has 0 aromatic heterocycles. The van der Waals surface area contributed by atoms with E-state index in [9.17, 15) is 0 Å². The zero-order valence-electron chi connectivity index (χ0n) is 9.96. The average Bonchev–Trinajstić information content (AvgIpc) is 2.42. The fraction of sp³-hybridized carbons (Fsp3) is 0.0667. The van der Waals surface area contributed by atoms with Gasteiger partial charge in [-0.15, -0.1) is 0 Å². The third kappa shape index (κ3) is 2.16. The molecular formula is C15H11N3. The second kappa shape index (κ2) is 5.03. The third-order valence-corrected chi connectivity index (χ3v) is 2.78. The van der Waals surface area contributed by atoms with E-state index in [0.717, 1.165) is 16.9 Å². The number of para-hydroxylation sites is 1. The van der Waals surface area contributed by atoms with E-state index in [1.807, 2.05) is 60.5 Å². The third-order valence-electron chi connectivity index (χ3n) is 2.78. The zero-order chi connectivity index (χ0) is 13.0. The molecule has 0 saturated carbocycles. The van der Waals surface area contributed by atoms with E-state index in [1.165, 1.54) is 6.08 Å². The van der Waals surface area contributed by atoms with Crippen molar-refractivity contribution in [3.63, 3.8) is 0 Å². The van der Waals surface area contributed by atoms with Crippen molar-refractivity contribution in [1.82, 2.24) is 0 Å². The molecule has 0 spiro atoms. The smallest absolute Gasteiger partial charge is 0.129 e. The van der Waals surface area contributed by atoms with Crippen LogP contribution in [0.3, 0.4) is 0 Å². The monoisotopic (exact) mass is 233 g/mol. The summed E-state index contributed by atoms with van der Waals surface area (Å²) in [7, 11) is 1.96. The Labute approximate surface area is 106 Å². The molecule has 0 saturated heterocycles. The van der Waals surface area contributed by atoms with Crippen molar-refractivity contribution in [2.75, 3.05) is 11.9 Å². The number of allylic oxidation sites excluding steroid dienone is 4. The van der Waals surface area contributed by atoms with Gasteiger partial charge in [0.05, 0.1) is 0 Å². The molecule has 0 bridgehead atoms. The minimum Gasteiger partial charge on any atom is -0.344 e. The molecule has 0 atom stereocenters. The number of benzene rings is 1. The molecule has 1 aromatic rings. The zero-order valence-corrected chi connectivity index (χ0v) is 9.96. The van der Waals surface area contributed by atoms with Crippen molar-refractivity contribution >= 4 is 11.8 Å². The lowest BCUT2D eigenvalue weighted by atomic mass is 10.1. The number of fused-ring (bicyclic) bond motifs is 1. The number of nitriles is 2. The number of likely N-dealkylation sites (N-methyl/N-ethyl adjacent to an activating group) is 1. The normalized spacial score (nSPS) is 14.6. The molecule has 0 amide bonds. The molecule has 0 aliphatic carbocycles. The van der Waals surface area contributed by atoms with Crippen molar-refractivity contribution in [2.24, 2.45) is 0 Å². The Morgan fingerprint density at radius 2 is 1.89 bits per heavy atom. The number of rotatable bonds is 1. The van der Waals surface area contributed by atoms with Gasteiger partial charge in [0.1, 0.15) is 17.7 Å². The number of anilines is 1. The van der Waals surface area contributed by atoms with E-state index < -0.39 is 0 Å². The first kappa shape index (κ1) is 11.7. The van der Waals surface area contributed by atoms with Crippen LogP contribution >= 0.6 is 0 Å². The molecule has 1 aromatic carbocycles. The molecule has 2 rings (SSSR count). The van der Waals surface area contributed by atoms with Crippen LogP contribution in [0.1, 0.15) is 5.56 Å². The predicted octanol–water partition coefficient (Wildman–Crippen LogP) is 3.01. The summed E-state index contributed by atoms with van der Waals surface area (Å²) in [5.74, 6) is 0. The Hall–Kier alpha value is -2.78. The molecule has 1 heterocycles. The highest BCUT2D eigenvalue weighted by atomic mass is 15.1. The standard InChI is InChI=1S/C15H11N3/c1-18-14(8-6-12(10-16)11-17)9-7-13-4-2-3-5-15(13)18/h2-9H,1H3/b14-8-. The highest BCUT2D eigenvalue weighted by molar-refractivity contribution is 5.76. The molecule has 3 nitrogen and oxygen atoms in total. The second-order valence-corrected chi connectivity index (χ2v) is 3.85. The van der Waals surface area contributed by atoms with Crippen LogP contribution in [0, 0.1) is 22.7 Å². The van der Waals surface area contributed by atoms with Crippen LogP contribution in [-0.4, -0.2) is 7.05 Å². The van der Waals surface area contributed by atoms with Crippen LogP contribution in [-0.2, 0) is 0 Å². The van der Waals surface area contributed by atoms with Gasteiger partial charge in [0.2, 0.25) is 0 Å². The predicted molar refractivity (Wildman–Crippen MR) is 71.3 cm³/mol. The highest BCUT2D eigenvalue weighted by Gasteiger charge is 2.11. The maximum Gasteiger partial charge on any atom is 0.129 e. The van der Waals surface area contributed by atoms with Crippen LogP contribution in [0.4, 0.5) is 5.69 Å². The molecule has 0 N–H and O–H groups in total. The summed E-state index contributed by atoms with van der Waals surface area (Å²) in [6.45, 7) is 0. The van der Waals surface area contributed by atoms with Gasteiger partial charge in [-0.25, -0.2) is 0 Å². The lowest BCUT2D eigenvalue weighted by molar-refractivity contribution is 1.12. The summed E-state index contributed by atoms with van der Waals surface area (Å²) in [4.78, 5) is 2.03. The van der Waals surface area contributed by atoms with Gasteiger partial charge in [-0.05, 0) is 29.9 Å². The fourth-order valence-corrected chi connectivity index (χ4v) is 1.80. The summed E-state index contributed by atoms with van der Waals surface area (Å²) in [6.07, 6.45) is 7.29. The minimum absolute atomic E-state index is 0.100. The summed E-state index contributed by atoms with van der Waals surface area (Å²) < 4.78 is 0. The summed E-state index contributed by atoms with van der Waals surface area (Å²) >= 11 is 0. The molecule has 86 valence electrons. The van der Waals surface area contributed by atoms with Gasteiger partial charge in [0.15, 0.2) is 0 Å². The molecule has 1 aliphatic heterocycles. The van der Waals surface area contributed by atoms with Gasteiger partial charge >= 0.3 is 0 Å². The SMILES string of the molecule is CN1/C(=C\C=C(C#N)C#N)C=Cc2ccccc21. The van der Waals surface area contributed by atoms with Gasteiger partial charge in [0.25, 0.3) is 0 Å². The number of nitrogens with zero attached hydrogens (tertiary/aromatic N) is 3. The molecule has 0 fully saturated rings. The minimum atomic E-state index is 0.100. The van der Waals surface area contributed by atoms with Crippen LogP contribution in [0.5, 0.6) is 0 Å². The van der Waals surface area contributed by atoms with Crippen LogP contribution < -0.4 is 4.90 Å². The Morgan fingerprint density at radius 3 is 2.61 bits per heavy atom. The van der Waals surface area contributed by atoms with Crippen LogP contribution in [0.25, 0.3) is 6.08 Å². The molecular weight excluding hydrogens is 222 g/mol. The van der Waals surface area contributed by atoms with Crippen molar-refractivity contribution < 1.29 is 0 Å². The van der Waals surface area contributed by atoms with Crippen LogP contribution in [0.15, 0.2) is 53.8 Å². The first-order chi connectivity index (χ1) is 8.76. The first-order valence-corrected chi connectivity index (χ1v) is 5.49. The summed E-state index contributed by atoms with van der Waals surface area (Å²) in [5.41, 5.74) is 3.30. The Balaban J connectivity index is 2.37. The maximum absolute atomic E-state index is 8.68. The van der Waals surface area contributed by atoms with Gasteiger partial charge in [0, 0.05) is 18.4 Å². The molecule has 0 radical (unpaired) electrons. The number of hydrogen-bond acceptors (Lipinski definition) is 3. The quantitative estimate of drug-likeness (QED) is 0.700. The topological polar surface area (TPSA) is 50.8 Å². The van der Waals surface area contributed by atoms with Crippen molar-refractivity contribution in [3.8, 4) is 12.1 Å². The molecule has 18 heavy (non-hydrogen) atoms. The van der Waals surface area contributed by atoms with Gasteiger partial charge in [-0.3, -0.25) is 0 Å². The molecule has 0 unspecified atom stereocenters. The lowest BCUT2D eigenvalue weighted by Gasteiger charge is -2.25. The van der Waals surface area contributed by atoms with E-state index in [2.05, 4.69) is 0 Å². The maximum atomic E-state index is 8.68. The van der Waals surface area contributed by atoms with Crippen LogP contribution in [0.2, 0.25) is 0 Å². The Morgan fingerprint density at radius 1 is 1.17 bits per heavy atom. The van der Waals surface area contributed by atoms with Gasteiger partial charge in [-0.2, -0.15) is 10.5 Å².